The summed E-state index contributed by atoms with van der Waals surface area (Å²) in [6.45, 7) is 12.9. The monoisotopic (exact) mass is 665 g/mol. The number of aliphatic hydroxyl groups is 2. The first-order chi connectivity index (χ1) is 16.5. The molecule has 1 heterocycles. The van der Waals surface area contributed by atoms with Crippen molar-refractivity contribution in [2.75, 3.05) is 0 Å². The second-order valence-corrected chi connectivity index (χ2v) is 12.3. The Morgan fingerprint density at radius 2 is 1.56 bits per heavy atom. The summed E-state index contributed by atoms with van der Waals surface area (Å²) in [5, 5.41) is 23.4. The maximum Gasteiger partial charge on any atom is 0.0646 e. The molecule has 1 radical (unpaired) electrons. The predicted octanol–water partition coefficient (Wildman–Crippen LogP) is 7.40. The average molecular weight is 665 g/mol. The van der Waals surface area contributed by atoms with Crippen molar-refractivity contribution < 1.29 is 30.3 Å². The number of aromatic nitrogens is 1. The summed E-state index contributed by atoms with van der Waals surface area (Å²) in [7, 11) is 0. The number of hydrogen-bond donors (Lipinski definition) is 2. The Kier molecular flexibility index (Phi) is 9.21. The number of fused-ring (bicyclic) bond motifs is 2. The van der Waals surface area contributed by atoms with Gasteiger partial charge in [0.05, 0.1) is 12.2 Å². The second-order valence-electron chi connectivity index (χ2n) is 12.3. The topological polar surface area (TPSA) is 53.4 Å². The molecule has 3 nitrogen and oxygen atoms in total. The van der Waals surface area contributed by atoms with Crippen LogP contribution < -0.4 is 0 Å². The smallest absolute Gasteiger partial charge is 0.0646 e. The van der Waals surface area contributed by atoms with E-state index in [-0.39, 0.29) is 49.1 Å². The van der Waals surface area contributed by atoms with Gasteiger partial charge in [0.15, 0.2) is 0 Å². The molecule has 2 fully saturated rings. The summed E-state index contributed by atoms with van der Waals surface area (Å²) >= 11 is 0. The molecule has 2 N–H and O–H groups in total. The summed E-state index contributed by atoms with van der Waals surface area (Å²) in [6, 6.07) is 19.7. The Balaban J connectivity index is 0.000000198. The molecular weight excluding hydrogens is 623 g/mol. The van der Waals surface area contributed by atoms with E-state index >= 15 is 0 Å². The van der Waals surface area contributed by atoms with Gasteiger partial charge in [0.1, 0.15) is 0 Å². The van der Waals surface area contributed by atoms with Gasteiger partial charge < -0.3 is 15.2 Å². The van der Waals surface area contributed by atoms with Crippen LogP contribution in [-0.2, 0) is 20.1 Å². The Labute approximate surface area is 231 Å². The van der Waals surface area contributed by atoms with Gasteiger partial charge in [-0.3, -0.25) is 0 Å². The van der Waals surface area contributed by atoms with Crippen LogP contribution >= 0.6 is 0 Å². The molecule has 0 spiro atoms. The third-order valence-corrected chi connectivity index (χ3v) is 8.47. The number of rotatable bonds is 2. The van der Waals surface area contributed by atoms with Crippen molar-refractivity contribution in [1.82, 2.24) is 4.98 Å². The first-order valence-corrected chi connectivity index (χ1v) is 13.2. The predicted molar refractivity (Wildman–Crippen MR) is 145 cm³/mol. The van der Waals surface area contributed by atoms with E-state index in [1.165, 1.54) is 29.2 Å². The van der Waals surface area contributed by atoms with Crippen LogP contribution in [0.4, 0.5) is 0 Å². The van der Waals surface area contributed by atoms with Gasteiger partial charge >= 0.3 is 0 Å². The summed E-state index contributed by atoms with van der Waals surface area (Å²) < 4.78 is 0. The summed E-state index contributed by atoms with van der Waals surface area (Å²) in [4.78, 5) is 4.67. The second kappa shape index (κ2) is 11.4. The summed E-state index contributed by atoms with van der Waals surface area (Å²) in [5.74, 6) is 1.08. The van der Waals surface area contributed by atoms with Gasteiger partial charge in [0.2, 0.25) is 0 Å². The van der Waals surface area contributed by atoms with Crippen molar-refractivity contribution >= 4 is 10.8 Å². The molecule has 1 aromatic heterocycles. The largest absolute Gasteiger partial charge is 0.392 e. The number of pyridine rings is 1. The first-order valence-electron chi connectivity index (χ1n) is 13.2. The Bertz CT molecular complexity index is 1140. The quantitative estimate of drug-likeness (QED) is 0.281. The number of nitrogens with zero attached hydrogens (tertiary/aromatic N) is 1. The molecule has 0 saturated heterocycles. The molecule has 0 bridgehead atoms. The van der Waals surface area contributed by atoms with Crippen LogP contribution in [0, 0.1) is 28.7 Å². The minimum absolute atomic E-state index is 0. The van der Waals surface area contributed by atoms with E-state index < -0.39 is 0 Å². The van der Waals surface area contributed by atoms with Crippen LogP contribution in [0.3, 0.4) is 0 Å². The van der Waals surface area contributed by atoms with E-state index in [4.69, 9.17) is 0 Å². The third kappa shape index (κ3) is 5.78. The Morgan fingerprint density at radius 3 is 2.19 bits per heavy atom. The molecule has 4 atom stereocenters. The maximum atomic E-state index is 10.5. The van der Waals surface area contributed by atoms with Gasteiger partial charge in [0, 0.05) is 32.2 Å². The van der Waals surface area contributed by atoms with Gasteiger partial charge in [-0.15, -0.1) is 35.9 Å². The molecular formula is C32H42IrNO2-. The van der Waals surface area contributed by atoms with E-state index in [0.29, 0.717) is 11.8 Å². The fourth-order valence-electron chi connectivity index (χ4n) is 6.35. The van der Waals surface area contributed by atoms with Gasteiger partial charge in [-0.05, 0) is 64.0 Å². The van der Waals surface area contributed by atoms with Crippen LogP contribution in [0.5, 0.6) is 0 Å². The zero-order valence-electron chi connectivity index (χ0n) is 22.6. The molecule has 0 amide bonds. The normalized spacial score (nSPS) is 26.4. The molecule has 2 saturated carbocycles. The van der Waals surface area contributed by atoms with Crippen molar-refractivity contribution in [3.8, 4) is 11.3 Å². The zero-order chi connectivity index (χ0) is 25.4. The Hall–Kier alpha value is -1.58. The molecule has 5 rings (SSSR count). The minimum Gasteiger partial charge on any atom is -0.392 e. The van der Waals surface area contributed by atoms with Crippen molar-refractivity contribution in [1.29, 1.82) is 0 Å². The van der Waals surface area contributed by atoms with Crippen molar-refractivity contribution in [3.05, 3.63) is 66.4 Å². The first kappa shape index (κ1) is 29.0. The van der Waals surface area contributed by atoms with Crippen molar-refractivity contribution in [2.24, 2.45) is 22.7 Å². The summed E-state index contributed by atoms with van der Waals surface area (Å²) in [6.07, 6.45) is 5.81. The standard InChI is InChI=1S/C18H16N.C14H26O2.Ir/c1-13(2)17-12-19-18(14-8-4-3-5-9-14)16-11-7-6-10-15(16)17;1-13(2)7-5-6-9-8-14(3,4)12(16)10(9)11(13)15;/h3-8,10-13H,1-2H3;9-12,15-16H,5-8H2,1-4H3;/q-1;;. The minimum atomic E-state index is -0.350. The maximum absolute atomic E-state index is 10.5. The van der Waals surface area contributed by atoms with E-state index in [9.17, 15) is 10.2 Å². The van der Waals surface area contributed by atoms with E-state index in [2.05, 4.69) is 82.9 Å². The van der Waals surface area contributed by atoms with E-state index in [1.54, 1.807) is 0 Å². The van der Waals surface area contributed by atoms with Crippen molar-refractivity contribution in [2.45, 2.75) is 85.4 Å². The molecule has 2 aromatic carbocycles. The summed E-state index contributed by atoms with van der Waals surface area (Å²) in [5.41, 5.74) is 3.30. The SMILES string of the molecule is CC(C)c1cnc(-c2[c-]cccc2)c2ccccc12.CC1(C)CCCC2CC(C)(C)C(O)C2C1O.[Ir]. The molecule has 0 aliphatic heterocycles. The van der Waals surface area contributed by atoms with Gasteiger partial charge in [-0.2, -0.15) is 0 Å². The van der Waals surface area contributed by atoms with Gasteiger partial charge in [-0.1, -0.05) is 72.2 Å². The number of hydrogen-bond acceptors (Lipinski definition) is 3. The fourth-order valence-corrected chi connectivity index (χ4v) is 6.35. The molecule has 2 aliphatic rings. The molecule has 36 heavy (non-hydrogen) atoms. The number of benzene rings is 2. The molecule has 4 unspecified atom stereocenters. The van der Waals surface area contributed by atoms with Gasteiger partial charge in [-0.25, -0.2) is 0 Å². The molecule has 3 aromatic rings. The van der Waals surface area contributed by atoms with Crippen LogP contribution in [-0.4, -0.2) is 27.4 Å². The fraction of sp³-hybridized carbons (Fsp3) is 0.531. The third-order valence-electron chi connectivity index (χ3n) is 8.47. The average Bonchev–Trinajstić information content (AvgIpc) is 2.99. The van der Waals surface area contributed by atoms with Crippen LogP contribution in [0.15, 0.2) is 54.7 Å². The molecule has 4 heteroatoms. The zero-order valence-corrected chi connectivity index (χ0v) is 25.0. The Morgan fingerprint density at radius 1 is 0.917 bits per heavy atom. The van der Waals surface area contributed by atoms with Crippen molar-refractivity contribution in [3.63, 3.8) is 0 Å². The van der Waals surface area contributed by atoms with Crippen LogP contribution in [0.2, 0.25) is 0 Å². The molecule has 2 aliphatic carbocycles. The van der Waals surface area contributed by atoms with E-state index in [0.717, 1.165) is 24.1 Å². The van der Waals surface area contributed by atoms with Gasteiger partial charge in [0.25, 0.3) is 0 Å². The van der Waals surface area contributed by atoms with E-state index in [1.807, 2.05) is 24.4 Å². The van der Waals surface area contributed by atoms with Crippen LogP contribution in [0.25, 0.3) is 22.0 Å². The number of aliphatic hydroxyl groups excluding tert-OH is 2. The van der Waals surface area contributed by atoms with Crippen LogP contribution in [0.1, 0.15) is 78.7 Å². The molecule has 197 valence electrons.